The van der Waals surface area contributed by atoms with Crippen molar-refractivity contribution in [2.45, 2.75) is 40.5 Å². The zero-order chi connectivity index (χ0) is 18.2. The molecule has 1 rings (SSSR count). The average Bonchev–Trinajstić information content (AvgIpc) is 2.58. The van der Waals surface area contributed by atoms with Crippen LogP contribution in [0.5, 0.6) is 0 Å². The van der Waals surface area contributed by atoms with Crippen molar-refractivity contribution in [3.8, 4) is 0 Å². The number of hydrogen-bond donors (Lipinski definition) is 2. The van der Waals surface area contributed by atoms with E-state index in [0.29, 0.717) is 19.7 Å². The van der Waals surface area contributed by atoms with Crippen molar-refractivity contribution in [3.63, 3.8) is 0 Å². The fraction of sp³-hybridized carbons (Fsp3) is 0.824. The van der Waals surface area contributed by atoms with E-state index in [9.17, 15) is 9.59 Å². The predicted molar refractivity (Wildman–Crippen MR) is 110 cm³/mol. The van der Waals surface area contributed by atoms with E-state index < -0.39 is 5.41 Å². The van der Waals surface area contributed by atoms with E-state index in [4.69, 9.17) is 4.74 Å². The highest BCUT2D eigenvalue weighted by molar-refractivity contribution is 14.0. The van der Waals surface area contributed by atoms with Gasteiger partial charge in [-0.25, -0.2) is 0 Å². The summed E-state index contributed by atoms with van der Waals surface area (Å²) < 4.78 is 5.15. The first-order valence-electron chi connectivity index (χ1n) is 8.77. The molecule has 0 aromatic carbocycles. The third-order valence-corrected chi connectivity index (χ3v) is 4.14. The number of amides is 1. The molecule has 1 saturated heterocycles. The van der Waals surface area contributed by atoms with E-state index in [-0.39, 0.29) is 41.8 Å². The molecule has 8 heteroatoms. The van der Waals surface area contributed by atoms with E-state index in [1.807, 2.05) is 27.7 Å². The number of likely N-dealkylation sites (tertiary alicyclic amines) is 1. The first kappa shape index (κ1) is 23.9. The molecule has 7 nitrogen and oxygen atoms in total. The number of carbonyl (C=O) groups is 2. The minimum atomic E-state index is -0.578. The summed E-state index contributed by atoms with van der Waals surface area (Å²) >= 11 is 0. The summed E-state index contributed by atoms with van der Waals surface area (Å²) in [7, 11) is 1.63. The number of nitrogens with zero attached hydrogens (tertiary/aromatic N) is 2. The molecule has 0 saturated carbocycles. The van der Waals surface area contributed by atoms with Gasteiger partial charge in [0.2, 0.25) is 5.91 Å². The van der Waals surface area contributed by atoms with Crippen molar-refractivity contribution in [2.24, 2.45) is 16.3 Å². The number of halogens is 1. The van der Waals surface area contributed by atoms with Crippen LogP contribution in [0.4, 0.5) is 0 Å². The second-order valence-electron chi connectivity index (χ2n) is 6.67. The smallest absolute Gasteiger partial charge is 0.310 e. The monoisotopic (exact) mass is 468 g/mol. The molecule has 0 aromatic rings. The average molecular weight is 468 g/mol. The van der Waals surface area contributed by atoms with E-state index in [2.05, 4.69) is 20.5 Å². The molecule has 1 fully saturated rings. The van der Waals surface area contributed by atoms with Crippen molar-refractivity contribution in [2.75, 3.05) is 39.8 Å². The fourth-order valence-corrected chi connectivity index (χ4v) is 2.73. The van der Waals surface area contributed by atoms with Gasteiger partial charge in [0.25, 0.3) is 0 Å². The molecule has 1 unspecified atom stereocenters. The van der Waals surface area contributed by atoms with Crippen LogP contribution < -0.4 is 10.6 Å². The van der Waals surface area contributed by atoms with Crippen LogP contribution in [0.3, 0.4) is 0 Å². The topological polar surface area (TPSA) is 83.0 Å². The second kappa shape index (κ2) is 11.5. The highest BCUT2D eigenvalue weighted by Crippen LogP contribution is 2.19. The highest BCUT2D eigenvalue weighted by Gasteiger charge is 2.30. The Kier molecular flexibility index (Phi) is 11.0. The third-order valence-electron chi connectivity index (χ3n) is 4.14. The molecule has 0 aliphatic carbocycles. The summed E-state index contributed by atoms with van der Waals surface area (Å²) in [6, 6.07) is 0. The number of carbonyl (C=O) groups excluding carboxylic acids is 2. The largest absolute Gasteiger partial charge is 0.466 e. The number of aliphatic imine (C=N–C) groups is 1. The lowest BCUT2D eigenvalue weighted by atomic mass is 9.92. The molecule has 1 aliphatic heterocycles. The van der Waals surface area contributed by atoms with E-state index in [1.54, 1.807) is 7.05 Å². The van der Waals surface area contributed by atoms with Crippen molar-refractivity contribution >= 4 is 41.8 Å². The quantitative estimate of drug-likeness (QED) is 0.268. The van der Waals surface area contributed by atoms with Gasteiger partial charge in [0.1, 0.15) is 0 Å². The lowest BCUT2D eigenvalue weighted by molar-refractivity contribution is -0.149. The Morgan fingerprint density at radius 1 is 1.32 bits per heavy atom. The van der Waals surface area contributed by atoms with Crippen LogP contribution in [-0.2, 0) is 14.3 Å². The van der Waals surface area contributed by atoms with Gasteiger partial charge in [0.05, 0.1) is 24.5 Å². The molecular formula is C17H33IN4O3. The van der Waals surface area contributed by atoms with Crippen LogP contribution in [-0.4, -0.2) is 62.6 Å². The maximum absolute atomic E-state index is 12.0. The normalized spacial score (nSPS) is 18.2. The molecule has 0 aromatic heterocycles. The number of nitrogens with one attached hydrogen (secondary N) is 2. The maximum Gasteiger partial charge on any atom is 0.310 e. The van der Waals surface area contributed by atoms with Gasteiger partial charge in [-0.1, -0.05) is 0 Å². The third kappa shape index (κ3) is 7.37. The Hall–Kier alpha value is -1.06. The summed E-state index contributed by atoms with van der Waals surface area (Å²) in [5, 5.41) is 5.94. The van der Waals surface area contributed by atoms with Gasteiger partial charge in [-0.05, 0) is 40.5 Å². The molecule has 2 N–H and O–H groups in total. The number of esters is 1. The van der Waals surface area contributed by atoms with Crippen LogP contribution in [0, 0.1) is 11.3 Å². The Morgan fingerprint density at radius 3 is 2.56 bits per heavy atom. The number of guanidine groups is 1. The Bertz CT molecular complexity index is 469. The Balaban J connectivity index is 0.00000576. The number of piperidine rings is 1. The molecule has 0 spiro atoms. The van der Waals surface area contributed by atoms with Crippen LogP contribution in [0.2, 0.25) is 0 Å². The van der Waals surface area contributed by atoms with Crippen molar-refractivity contribution in [1.29, 1.82) is 0 Å². The van der Waals surface area contributed by atoms with E-state index in [0.717, 1.165) is 31.9 Å². The van der Waals surface area contributed by atoms with Gasteiger partial charge in [-0.15, -0.1) is 24.0 Å². The fourth-order valence-electron chi connectivity index (χ4n) is 2.73. The molecule has 146 valence electrons. The summed E-state index contributed by atoms with van der Waals surface area (Å²) in [5.41, 5.74) is -0.578. The van der Waals surface area contributed by atoms with E-state index in [1.165, 1.54) is 0 Å². The SMILES string of the molecule is CCNC(=NCC(C)(C)C(=O)NC)N1CCCC(C(=O)OCC)C1.I. The lowest BCUT2D eigenvalue weighted by Crippen LogP contribution is -2.49. The number of hydrogen-bond acceptors (Lipinski definition) is 4. The molecule has 1 amide bonds. The van der Waals surface area contributed by atoms with E-state index >= 15 is 0 Å². The van der Waals surface area contributed by atoms with Gasteiger partial charge < -0.3 is 20.3 Å². The molecule has 1 aliphatic rings. The van der Waals surface area contributed by atoms with Crippen LogP contribution in [0.25, 0.3) is 0 Å². The molecule has 0 bridgehead atoms. The minimum Gasteiger partial charge on any atom is -0.466 e. The minimum absolute atomic E-state index is 0. The summed E-state index contributed by atoms with van der Waals surface area (Å²) in [6.07, 6.45) is 1.77. The number of ether oxygens (including phenoxy) is 1. The van der Waals surface area contributed by atoms with Gasteiger partial charge in [-0.2, -0.15) is 0 Å². The van der Waals surface area contributed by atoms with Crippen molar-refractivity contribution < 1.29 is 14.3 Å². The van der Waals surface area contributed by atoms with Gasteiger partial charge in [-0.3, -0.25) is 14.6 Å². The standard InChI is InChI=1S/C17H32N4O3.HI/c1-6-19-16(20-12-17(3,4)15(23)18-5)21-10-8-9-13(11-21)14(22)24-7-2;/h13H,6-12H2,1-5H3,(H,18,23)(H,19,20);1H. The maximum atomic E-state index is 12.0. The molecule has 25 heavy (non-hydrogen) atoms. The number of rotatable bonds is 6. The van der Waals surface area contributed by atoms with Crippen LogP contribution in [0.1, 0.15) is 40.5 Å². The zero-order valence-corrected chi connectivity index (χ0v) is 18.4. The molecular weight excluding hydrogens is 435 g/mol. The van der Waals surface area contributed by atoms with Crippen LogP contribution >= 0.6 is 24.0 Å². The Labute approximate surface area is 168 Å². The molecule has 1 heterocycles. The lowest BCUT2D eigenvalue weighted by Gasteiger charge is -2.34. The predicted octanol–water partition coefficient (Wildman–Crippen LogP) is 1.62. The van der Waals surface area contributed by atoms with Gasteiger partial charge in [0.15, 0.2) is 5.96 Å². The molecule has 1 atom stereocenters. The Morgan fingerprint density at radius 2 is 2.00 bits per heavy atom. The summed E-state index contributed by atoms with van der Waals surface area (Å²) in [5.74, 6) is 0.465. The van der Waals surface area contributed by atoms with Crippen molar-refractivity contribution in [1.82, 2.24) is 15.5 Å². The summed E-state index contributed by atoms with van der Waals surface area (Å²) in [6.45, 7) is 10.6. The second-order valence-corrected chi connectivity index (χ2v) is 6.67. The highest BCUT2D eigenvalue weighted by atomic mass is 127. The first-order chi connectivity index (χ1) is 11.4. The molecule has 0 radical (unpaired) electrons. The van der Waals surface area contributed by atoms with Crippen LogP contribution in [0.15, 0.2) is 4.99 Å². The van der Waals surface area contributed by atoms with Crippen molar-refractivity contribution in [3.05, 3.63) is 0 Å². The summed E-state index contributed by atoms with van der Waals surface area (Å²) in [4.78, 5) is 30.7. The zero-order valence-electron chi connectivity index (χ0n) is 16.1. The van der Waals surface area contributed by atoms with Gasteiger partial charge in [0, 0.05) is 26.7 Å². The first-order valence-corrected chi connectivity index (χ1v) is 8.77. The van der Waals surface area contributed by atoms with Gasteiger partial charge >= 0.3 is 5.97 Å².